The van der Waals surface area contributed by atoms with Crippen LogP contribution in [0.4, 0.5) is 0 Å². The van der Waals surface area contributed by atoms with E-state index in [0.29, 0.717) is 5.92 Å². The fourth-order valence-electron chi connectivity index (χ4n) is 2.66. The molecule has 0 spiro atoms. The Labute approximate surface area is 153 Å². The molecule has 0 saturated carbocycles. The smallest absolute Gasteiger partial charge is 0.185 e. The molecule has 25 heavy (non-hydrogen) atoms. The average Bonchev–Trinajstić information content (AvgIpc) is 3.08. The normalized spacial score (nSPS) is 11.3. The molecule has 0 N–H and O–H groups in total. The Morgan fingerprint density at radius 1 is 0.960 bits per heavy atom. The predicted molar refractivity (Wildman–Crippen MR) is 107 cm³/mol. The molecule has 1 aromatic heterocycles. The first kappa shape index (κ1) is 17.4. The fraction of sp³-hybridized carbons (Fsp3) is 0.174. The second kappa shape index (κ2) is 8.09. The van der Waals surface area contributed by atoms with E-state index in [4.69, 9.17) is 0 Å². The largest absolute Gasteiger partial charge is 0.289 e. The van der Waals surface area contributed by atoms with Crippen LogP contribution in [0.25, 0.3) is 6.08 Å². The van der Waals surface area contributed by atoms with Gasteiger partial charge in [-0.3, -0.25) is 4.79 Å². The van der Waals surface area contributed by atoms with Crippen LogP contribution in [-0.2, 0) is 6.42 Å². The van der Waals surface area contributed by atoms with Gasteiger partial charge in [0.25, 0.3) is 0 Å². The number of hydrogen-bond acceptors (Lipinski definition) is 2. The van der Waals surface area contributed by atoms with Crippen molar-refractivity contribution in [3.63, 3.8) is 0 Å². The van der Waals surface area contributed by atoms with E-state index in [1.807, 2.05) is 36.4 Å². The molecule has 0 bridgehead atoms. The predicted octanol–water partition coefficient (Wildman–Crippen LogP) is 6.36. The molecule has 0 amide bonds. The minimum Gasteiger partial charge on any atom is -0.289 e. The van der Waals surface area contributed by atoms with Gasteiger partial charge in [-0.15, -0.1) is 11.3 Å². The van der Waals surface area contributed by atoms with E-state index < -0.39 is 0 Å². The molecule has 0 fully saturated rings. The van der Waals surface area contributed by atoms with Crippen LogP contribution >= 0.6 is 11.3 Å². The minimum atomic E-state index is 0.0494. The summed E-state index contributed by atoms with van der Waals surface area (Å²) in [5, 5.41) is 0. The minimum absolute atomic E-state index is 0.0494. The highest BCUT2D eigenvalue weighted by molar-refractivity contribution is 7.12. The van der Waals surface area contributed by atoms with Crippen LogP contribution in [0, 0.1) is 0 Å². The maximum atomic E-state index is 12.3. The Morgan fingerprint density at radius 2 is 1.68 bits per heavy atom. The lowest BCUT2D eigenvalue weighted by molar-refractivity contribution is 0.104. The Hall–Kier alpha value is -2.45. The molecule has 3 rings (SSSR count). The third kappa shape index (κ3) is 4.77. The fourth-order valence-corrected chi connectivity index (χ4v) is 3.61. The van der Waals surface area contributed by atoms with Gasteiger partial charge in [0.05, 0.1) is 0 Å². The first-order valence-corrected chi connectivity index (χ1v) is 9.38. The van der Waals surface area contributed by atoms with Gasteiger partial charge in [-0.25, -0.2) is 0 Å². The molecule has 0 atom stereocenters. The summed E-state index contributed by atoms with van der Waals surface area (Å²) in [6, 6.07) is 22.6. The molecule has 3 aromatic rings. The lowest BCUT2D eigenvalue weighted by Crippen LogP contribution is -1.95. The maximum Gasteiger partial charge on any atom is 0.185 e. The van der Waals surface area contributed by atoms with E-state index in [9.17, 15) is 4.79 Å². The quantitative estimate of drug-likeness (QED) is 0.375. The van der Waals surface area contributed by atoms with Crippen LogP contribution in [0.2, 0.25) is 0 Å². The summed E-state index contributed by atoms with van der Waals surface area (Å²) in [6.07, 6.45) is 4.52. The molecular formula is C23H22OS. The van der Waals surface area contributed by atoms with Crippen molar-refractivity contribution in [2.75, 3.05) is 0 Å². The van der Waals surface area contributed by atoms with Crippen molar-refractivity contribution in [3.05, 3.63) is 99.3 Å². The van der Waals surface area contributed by atoms with E-state index >= 15 is 0 Å². The lowest BCUT2D eigenvalue weighted by Gasteiger charge is -2.04. The van der Waals surface area contributed by atoms with Gasteiger partial charge in [-0.2, -0.15) is 0 Å². The molecule has 0 aliphatic heterocycles. The number of allylic oxidation sites excluding steroid dienone is 1. The van der Waals surface area contributed by atoms with Gasteiger partial charge in [-0.05, 0) is 41.3 Å². The molecule has 2 heteroatoms. The molecule has 0 saturated heterocycles. The van der Waals surface area contributed by atoms with Crippen LogP contribution in [0.1, 0.15) is 51.0 Å². The van der Waals surface area contributed by atoms with Gasteiger partial charge in [0, 0.05) is 21.7 Å². The summed E-state index contributed by atoms with van der Waals surface area (Å²) in [5.41, 5.74) is 3.30. The SMILES string of the molecule is CC(C)c1ccc(C(=O)/C=C/c2ccc(Cc3ccccc3)s2)cc1. The number of carbonyl (C=O) groups excluding carboxylic acids is 1. The highest BCUT2D eigenvalue weighted by atomic mass is 32.1. The summed E-state index contributed by atoms with van der Waals surface area (Å²) >= 11 is 1.73. The van der Waals surface area contributed by atoms with Gasteiger partial charge in [0.1, 0.15) is 0 Å². The summed E-state index contributed by atoms with van der Waals surface area (Å²) in [5.74, 6) is 0.530. The monoisotopic (exact) mass is 346 g/mol. The highest BCUT2D eigenvalue weighted by Gasteiger charge is 2.04. The zero-order valence-corrected chi connectivity index (χ0v) is 15.4. The molecule has 126 valence electrons. The third-order valence-electron chi connectivity index (χ3n) is 4.16. The number of hydrogen-bond donors (Lipinski definition) is 0. The summed E-state index contributed by atoms with van der Waals surface area (Å²) in [6.45, 7) is 4.31. The average molecular weight is 346 g/mol. The lowest BCUT2D eigenvalue weighted by atomic mass is 10.0. The molecule has 1 nitrogen and oxygen atoms in total. The molecule has 0 aliphatic rings. The summed E-state index contributed by atoms with van der Waals surface area (Å²) in [4.78, 5) is 14.7. The van der Waals surface area contributed by atoms with Crippen molar-refractivity contribution >= 4 is 23.2 Å². The van der Waals surface area contributed by atoms with Crippen LogP contribution in [0.15, 0.2) is 72.8 Å². The van der Waals surface area contributed by atoms with E-state index in [0.717, 1.165) is 16.9 Å². The van der Waals surface area contributed by atoms with E-state index in [2.05, 4.69) is 50.2 Å². The highest BCUT2D eigenvalue weighted by Crippen LogP contribution is 2.21. The molecule has 0 aliphatic carbocycles. The van der Waals surface area contributed by atoms with Crippen LogP contribution in [-0.4, -0.2) is 5.78 Å². The third-order valence-corrected chi connectivity index (χ3v) is 5.21. The second-order valence-corrected chi connectivity index (χ2v) is 7.64. The van der Waals surface area contributed by atoms with E-state index in [1.54, 1.807) is 17.4 Å². The number of carbonyl (C=O) groups is 1. The van der Waals surface area contributed by atoms with Gasteiger partial charge in [-0.1, -0.05) is 68.4 Å². The first-order chi connectivity index (χ1) is 12.1. The van der Waals surface area contributed by atoms with Crippen molar-refractivity contribution in [1.82, 2.24) is 0 Å². The van der Waals surface area contributed by atoms with E-state index in [-0.39, 0.29) is 5.78 Å². The Kier molecular flexibility index (Phi) is 5.62. The van der Waals surface area contributed by atoms with Crippen LogP contribution in [0.5, 0.6) is 0 Å². The standard InChI is InChI=1S/C23H22OS/c1-17(2)19-8-10-20(11-9-19)23(24)15-14-21-12-13-22(25-21)16-18-6-4-3-5-7-18/h3-15,17H,16H2,1-2H3/b15-14+. The Morgan fingerprint density at radius 3 is 2.36 bits per heavy atom. The van der Waals surface area contributed by atoms with Gasteiger partial charge in [0.2, 0.25) is 0 Å². The second-order valence-electron chi connectivity index (χ2n) is 6.44. The molecule has 1 heterocycles. The molecular weight excluding hydrogens is 324 g/mol. The van der Waals surface area contributed by atoms with Gasteiger partial charge in [0.15, 0.2) is 5.78 Å². The van der Waals surface area contributed by atoms with Gasteiger partial charge >= 0.3 is 0 Å². The summed E-state index contributed by atoms with van der Waals surface area (Å²) in [7, 11) is 0. The summed E-state index contributed by atoms with van der Waals surface area (Å²) < 4.78 is 0. The van der Waals surface area contributed by atoms with Crippen molar-refractivity contribution in [2.45, 2.75) is 26.2 Å². The van der Waals surface area contributed by atoms with Crippen LogP contribution < -0.4 is 0 Å². The Balaban J connectivity index is 1.64. The first-order valence-electron chi connectivity index (χ1n) is 8.57. The van der Waals surface area contributed by atoms with Crippen molar-refractivity contribution in [1.29, 1.82) is 0 Å². The van der Waals surface area contributed by atoms with Gasteiger partial charge < -0.3 is 0 Å². The number of thiophene rings is 1. The number of ketones is 1. The van der Waals surface area contributed by atoms with E-state index in [1.165, 1.54) is 16.0 Å². The number of benzene rings is 2. The van der Waals surface area contributed by atoms with Crippen molar-refractivity contribution in [2.24, 2.45) is 0 Å². The number of rotatable bonds is 6. The van der Waals surface area contributed by atoms with Crippen molar-refractivity contribution < 1.29 is 4.79 Å². The van der Waals surface area contributed by atoms with Crippen LogP contribution in [0.3, 0.4) is 0 Å². The zero-order chi connectivity index (χ0) is 17.6. The molecule has 0 unspecified atom stereocenters. The van der Waals surface area contributed by atoms with Crippen molar-refractivity contribution in [3.8, 4) is 0 Å². The molecule has 2 aromatic carbocycles. The maximum absolute atomic E-state index is 12.3. The zero-order valence-electron chi connectivity index (χ0n) is 14.6. The topological polar surface area (TPSA) is 17.1 Å². The molecule has 0 radical (unpaired) electrons. The Bertz CT molecular complexity index is 855.